The highest BCUT2D eigenvalue weighted by Gasteiger charge is 2.34. The molecule has 1 aliphatic rings. The van der Waals surface area contributed by atoms with Gasteiger partial charge in [0.05, 0.1) is 30.2 Å². The van der Waals surface area contributed by atoms with Crippen LogP contribution in [0.3, 0.4) is 0 Å². The van der Waals surface area contributed by atoms with Crippen molar-refractivity contribution >= 4 is 11.7 Å². The van der Waals surface area contributed by atoms with Crippen molar-refractivity contribution in [3.05, 3.63) is 41.2 Å². The van der Waals surface area contributed by atoms with Crippen LogP contribution in [0.15, 0.2) is 24.3 Å². The Morgan fingerprint density at radius 3 is 2.68 bits per heavy atom. The topological polar surface area (TPSA) is 59.4 Å². The number of amides is 2. The third-order valence-electron chi connectivity index (χ3n) is 4.81. The first kappa shape index (κ1) is 17.3. The molecule has 0 spiro atoms. The Morgan fingerprint density at radius 1 is 1.36 bits per heavy atom. The number of aryl methyl sites for hydroxylation is 1. The smallest absolute Gasteiger partial charge is 0.322 e. The number of ether oxygens (including phenoxy) is 1. The van der Waals surface area contributed by atoms with Gasteiger partial charge in [-0.3, -0.25) is 4.68 Å². The van der Waals surface area contributed by atoms with Crippen molar-refractivity contribution in [1.29, 1.82) is 0 Å². The summed E-state index contributed by atoms with van der Waals surface area (Å²) in [6.45, 7) is 8.84. The molecule has 1 fully saturated rings. The zero-order valence-corrected chi connectivity index (χ0v) is 15.5. The standard InChI is InChI=1S/C19H26N4O2/c1-12(2)23-14(4)18(13(3)21-23)20-19(24)22-10-9-17(22)15-7-6-8-16(11-15)25-5/h6-8,11-12,17H,9-10H2,1-5H3,(H,20,24). The summed E-state index contributed by atoms with van der Waals surface area (Å²) in [6.07, 6.45) is 0.962. The Hall–Kier alpha value is -2.50. The number of anilines is 1. The summed E-state index contributed by atoms with van der Waals surface area (Å²) in [5.74, 6) is 0.814. The first-order chi connectivity index (χ1) is 11.9. The van der Waals surface area contributed by atoms with Gasteiger partial charge in [0.2, 0.25) is 0 Å². The van der Waals surface area contributed by atoms with E-state index in [9.17, 15) is 4.79 Å². The van der Waals surface area contributed by atoms with Crippen molar-refractivity contribution in [3.8, 4) is 5.75 Å². The number of nitrogens with one attached hydrogen (secondary N) is 1. The van der Waals surface area contributed by atoms with Crippen LogP contribution < -0.4 is 10.1 Å². The second-order valence-corrected chi connectivity index (χ2v) is 6.79. The molecular formula is C19H26N4O2. The number of nitrogens with zero attached hydrogens (tertiary/aromatic N) is 3. The van der Waals surface area contributed by atoms with Gasteiger partial charge in [0.15, 0.2) is 0 Å². The van der Waals surface area contributed by atoms with Crippen LogP contribution in [-0.4, -0.2) is 34.4 Å². The molecule has 1 aliphatic heterocycles. The Labute approximate surface area is 148 Å². The second-order valence-electron chi connectivity index (χ2n) is 6.79. The summed E-state index contributed by atoms with van der Waals surface area (Å²) in [4.78, 5) is 14.6. The number of methoxy groups -OCH3 is 1. The molecule has 1 N–H and O–H groups in total. The SMILES string of the molecule is COc1cccc(C2CCN2C(=O)Nc2c(C)nn(C(C)C)c2C)c1. The molecule has 25 heavy (non-hydrogen) atoms. The first-order valence-electron chi connectivity index (χ1n) is 8.69. The maximum absolute atomic E-state index is 12.8. The summed E-state index contributed by atoms with van der Waals surface area (Å²) in [5.41, 5.74) is 3.75. The van der Waals surface area contributed by atoms with E-state index in [1.165, 1.54) is 0 Å². The molecule has 1 atom stereocenters. The highest BCUT2D eigenvalue weighted by Crippen LogP contribution is 2.35. The molecule has 6 nitrogen and oxygen atoms in total. The third kappa shape index (κ3) is 3.21. The average molecular weight is 342 g/mol. The van der Waals surface area contributed by atoms with E-state index in [0.717, 1.165) is 41.4 Å². The van der Waals surface area contributed by atoms with E-state index in [0.29, 0.717) is 0 Å². The van der Waals surface area contributed by atoms with E-state index in [-0.39, 0.29) is 18.1 Å². The fourth-order valence-corrected chi connectivity index (χ4v) is 3.35. The zero-order chi connectivity index (χ0) is 18.1. The Morgan fingerprint density at radius 2 is 2.12 bits per heavy atom. The van der Waals surface area contributed by atoms with Crippen LogP contribution in [0.4, 0.5) is 10.5 Å². The number of benzene rings is 1. The zero-order valence-electron chi connectivity index (χ0n) is 15.5. The number of likely N-dealkylation sites (tertiary alicyclic amines) is 1. The molecule has 3 rings (SSSR count). The van der Waals surface area contributed by atoms with Crippen molar-refractivity contribution in [2.75, 3.05) is 19.0 Å². The summed E-state index contributed by atoms with van der Waals surface area (Å²) in [7, 11) is 1.66. The maximum atomic E-state index is 12.8. The van der Waals surface area contributed by atoms with Gasteiger partial charge in [0.25, 0.3) is 0 Å². The number of hydrogen-bond donors (Lipinski definition) is 1. The molecule has 2 heterocycles. The normalized spacial score (nSPS) is 16.7. The Bertz CT molecular complexity index is 782. The van der Waals surface area contributed by atoms with E-state index >= 15 is 0 Å². The molecule has 1 unspecified atom stereocenters. The van der Waals surface area contributed by atoms with E-state index in [1.54, 1.807) is 7.11 Å². The lowest BCUT2D eigenvalue weighted by Crippen LogP contribution is -2.47. The molecule has 1 saturated heterocycles. The van der Waals surface area contributed by atoms with Gasteiger partial charge in [-0.1, -0.05) is 12.1 Å². The van der Waals surface area contributed by atoms with Crippen LogP contribution in [0.2, 0.25) is 0 Å². The molecule has 0 aliphatic carbocycles. The molecule has 1 aromatic heterocycles. The van der Waals surface area contributed by atoms with Gasteiger partial charge in [-0.2, -0.15) is 5.10 Å². The van der Waals surface area contributed by atoms with Crippen molar-refractivity contribution < 1.29 is 9.53 Å². The monoisotopic (exact) mass is 342 g/mol. The van der Waals surface area contributed by atoms with Crippen molar-refractivity contribution in [1.82, 2.24) is 14.7 Å². The number of carbonyl (C=O) groups excluding carboxylic acids is 1. The largest absolute Gasteiger partial charge is 0.497 e. The van der Waals surface area contributed by atoms with Gasteiger partial charge in [0.1, 0.15) is 5.75 Å². The van der Waals surface area contributed by atoms with Crippen LogP contribution in [0.5, 0.6) is 5.75 Å². The van der Waals surface area contributed by atoms with E-state index in [2.05, 4.69) is 24.3 Å². The predicted molar refractivity (Wildman–Crippen MR) is 98.2 cm³/mol. The minimum Gasteiger partial charge on any atom is -0.497 e. The molecule has 0 bridgehead atoms. The van der Waals surface area contributed by atoms with Crippen molar-refractivity contribution in [2.24, 2.45) is 0 Å². The number of rotatable bonds is 4. The van der Waals surface area contributed by atoms with Gasteiger partial charge in [-0.25, -0.2) is 4.79 Å². The second kappa shape index (κ2) is 6.78. The number of urea groups is 1. The van der Waals surface area contributed by atoms with Gasteiger partial charge >= 0.3 is 6.03 Å². The highest BCUT2D eigenvalue weighted by atomic mass is 16.5. The van der Waals surface area contributed by atoms with Crippen LogP contribution in [-0.2, 0) is 0 Å². The summed E-state index contributed by atoms with van der Waals surface area (Å²) < 4.78 is 7.24. The molecular weight excluding hydrogens is 316 g/mol. The maximum Gasteiger partial charge on any atom is 0.322 e. The third-order valence-corrected chi connectivity index (χ3v) is 4.81. The van der Waals surface area contributed by atoms with Crippen molar-refractivity contribution in [2.45, 2.75) is 46.2 Å². The van der Waals surface area contributed by atoms with Gasteiger partial charge in [-0.05, 0) is 51.8 Å². The van der Waals surface area contributed by atoms with E-state index in [1.807, 2.05) is 47.7 Å². The molecule has 2 amide bonds. The Kier molecular flexibility index (Phi) is 4.70. The number of hydrogen-bond acceptors (Lipinski definition) is 3. The van der Waals surface area contributed by atoms with E-state index in [4.69, 9.17) is 4.74 Å². The summed E-state index contributed by atoms with van der Waals surface area (Å²) in [6, 6.07) is 8.20. The van der Waals surface area contributed by atoms with Gasteiger partial charge < -0.3 is 15.0 Å². The van der Waals surface area contributed by atoms with Gasteiger partial charge in [0, 0.05) is 12.6 Å². The van der Waals surface area contributed by atoms with Gasteiger partial charge in [-0.15, -0.1) is 0 Å². The fraction of sp³-hybridized carbons (Fsp3) is 0.474. The lowest BCUT2D eigenvalue weighted by molar-refractivity contribution is 0.126. The molecule has 0 saturated carbocycles. The number of carbonyl (C=O) groups is 1. The lowest BCUT2D eigenvalue weighted by atomic mass is 9.95. The minimum absolute atomic E-state index is 0.0754. The quantitative estimate of drug-likeness (QED) is 0.911. The lowest BCUT2D eigenvalue weighted by Gasteiger charge is -2.41. The van der Waals surface area contributed by atoms with Crippen LogP contribution in [0, 0.1) is 13.8 Å². The first-order valence-corrected chi connectivity index (χ1v) is 8.69. The van der Waals surface area contributed by atoms with E-state index < -0.39 is 0 Å². The molecule has 0 radical (unpaired) electrons. The molecule has 134 valence electrons. The molecule has 6 heteroatoms. The average Bonchev–Trinajstić information content (AvgIpc) is 2.82. The predicted octanol–water partition coefficient (Wildman–Crippen LogP) is 4.07. The molecule has 1 aromatic carbocycles. The van der Waals surface area contributed by atoms with Crippen LogP contribution >= 0.6 is 0 Å². The van der Waals surface area contributed by atoms with Crippen LogP contribution in [0.1, 0.15) is 49.3 Å². The summed E-state index contributed by atoms with van der Waals surface area (Å²) in [5, 5.41) is 7.59. The summed E-state index contributed by atoms with van der Waals surface area (Å²) >= 11 is 0. The molecule has 2 aromatic rings. The Balaban J connectivity index is 1.76. The minimum atomic E-state index is -0.0754. The number of aromatic nitrogens is 2. The fourth-order valence-electron chi connectivity index (χ4n) is 3.35. The van der Waals surface area contributed by atoms with Crippen LogP contribution in [0.25, 0.3) is 0 Å². The van der Waals surface area contributed by atoms with Crippen molar-refractivity contribution in [3.63, 3.8) is 0 Å². The highest BCUT2D eigenvalue weighted by molar-refractivity contribution is 5.91.